The second kappa shape index (κ2) is 8.69. The molecule has 0 bridgehead atoms. The highest BCUT2D eigenvalue weighted by atomic mass is 79.9. The topological polar surface area (TPSA) is 49.1 Å². The molecule has 0 radical (unpaired) electrons. The largest absolute Gasteiger partial charge is 0.276 e. The second-order valence-electron chi connectivity index (χ2n) is 5.10. The maximum atomic E-state index is 4.41. The Bertz CT molecular complexity index is 874. The predicted molar refractivity (Wildman–Crippen MR) is 109 cm³/mol. The van der Waals surface area contributed by atoms with E-state index in [2.05, 4.69) is 52.6 Å². The van der Waals surface area contributed by atoms with E-state index in [1.54, 1.807) is 0 Å². The first-order valence-electron chi connectivity index (χ1n) is 7.53. The lowest BCUT2D eigenvalue weighted by molar-refractivity contribution is 1.22. The molecule has 0 spiro atoms. The van der Waals surface area contributed by atoms with Crippen molar-refractivity contribution in [2.75, 3.05) is 5.43 Å². The number of halogens is 2. The molecule has 0 unspecified atom stereocenters. The molecule has 0 aliphatic heterocycles. The normalized spacial score (nSPS) is 11.7. The summed E-state index contributed by atoms with van der Waals surface area (Å²) in [4.78, 5) is 0. The maximum Gasteiger partial charge on any atom is 0.201 e. The van der Waals surface area contributed by atoms with E-state index in [0.29, 0.717) is 5.84 Å². The summed E-state index contributed by atoms with van der Waals surface area (Å²) in [5.74, 6) is 0.506. The number of hydrogen-bond acceptors (Lipinski definition) is 3. The molecule has 0 atom stereocenters. The molecule has 0 fully saturated rings. The fraction of sp³-hybridized carbons (Fsp3) is 0. The van der Waals surface area contributed by atoms with Crippen molar-refractivity contribution in [3.05, 3.63) is 93.4 Å². The Morgan fingerprint density at radius 2 is 1.32 bits per heavy atom. The van der Waals surface area contributed by atoms with Crippen LogP contribution in [-0.4, -0.2) is 5.84 Å². The zero-order chi connectivity index (χ0) is 17.5. The number of hydrogen-bond donors (Lipinski definition) is 1. The molecule has 3 aromatic carbocycles. The van der Waals surface area contributed by atoms with Gasteiger partial charge in [0.15, 0.2) is 0 Å². The van der Waals surface area contributed by atoms with Gasteiger partial charge in [-0.1, -0.05) is 62.2 Å². The summed E-state index contributed by atoms with van der Waals surface area (Å²) >= 11 is 6.83. The third kappa shape index (κ3) is 5.34. The van der Waals surface area contributed by atoms with Gasteiger partial charge in [-0.3, -0.25) is 5.43 Å². The summed E-state index contributed by atoms with van der Waals surface area (Å²) < 4.78 is 2.01. The van der Waals surface area contributed by atoms with Gasteiger partial charge in [0, 0.05) is 14.5 Å². The molecule has 3 aromatic rings. The molecule has 6 heteroatoms. The number of hydrazone groups is 1. The Morgan fingerprint density at radius 3 is 1.96 bits per heavy atom. The smallest absolute Gasteiger partial charge is 0.201 e. The Morgan fingerprint density at radius 1 is 0.720 bits per heavy atom. The van der Waals surface area contributed by atoms with E-state index in [1.807, 2.05) is 78.9 Å². The maximum absolute atomic E-state index is 4.41. The summed E-state index contributed by atoms with van der Waals surface area (Å²) in [7, 11) is 0. The predicted octanol–water partition coefficient (Wildman–Crippen LogP) is 6.77. The quantitative estimate of drug-likeness (QED) is 0.200. The minimum Gasteiger partial charge on any atom is -0.276 e. The van der Waals surface area contributed by atoms with Crippen molar-refractivity contribution in [1.29, 1.82) is 0 Å². The highest BCUT2D eigenvalue weighted by molar-refractivity contribution is 9.10. The molecule has 0 saturated carbocycles. The van der Waals surface area contributed by atoms with Crippen LogP contribution in [0.15, 0.2) is 103 Å². The van der Waals surface area contributed by atoms with Gasteiger partial charge in [0.25, 0.3) is 0 Å². The van der Waals surface area contributed by atoms with Gasteiger partial charge < -0.3 is 0 Å². The number of benzene rings is 3. The van der Waals surface area contributed by atoms with E-state index < -0.39 is 0 Å². The number of amidine groups is 1. The number of nitrogens with one attached hydrogen (secondary N) is 1. The van der Waals surface area contributed by atoms with Crippen LogP contribution in [0.4, 0.5) is 11.4 Å². The van der Waals surface area contributed by atoms with Crippen molar-refractivity contribution in [2.45, 2.75) is 0 Å². The summed E-state index contributed by atoms with van der Waals surface area (Å²) in [6, 6.07) is 25.1. The third-order valence-corrected chi connectivity index (χ3v) is 4.31. The fourth-order valence-corrected chi connectivity index (χ4v) is 2.52. The monoisotopic (exact) mass is 456 g/mol. The molecule has 124 valence electrons. The average molecular weight is 458 g/mol. The minimum absolute atomic E-state index is 0.506. The third-order valence-electron chi connectivity index (χ3n) is 3.25. The number of nitrogens with zero attached hydrogens (tertiary/aromatic N) is 3. The first kappa shape index (κ1) is 17.5. The minimum atomic E-state index is 0.506. The first-order chi connectivity index (χ1) is 12.2. The van der Waals surface area contributed by atoms with Crippen molar-refractivity contribution in [2.24, 2.45) is 15.3 Å². The van der Waals surface area contributed by atoms with Crippen LogP contribution in [0.5, 0.6) is 0 Å². The van der Waals surface area contributed by atoms with Crippen LogP contribution < -0.4 is 5.43 Å². The van der Waals surface area contributed by atoms with Crippen LogP contribution in [0.2, 0.25) is 0 Å². The highest BCUT2D eigenvalue weighted by Gasteiger charge is 2.02. The van der Waals surface area contributed by atoms with Crippen LogP contribution in [0.3, 0.4) is 0 Å². The van der Waals surface area contributed by atoms with E-state index in [9.17, 15) is 0 Å². The van der Waals surface area contributed by atoms with Gasteiger partial charge >= 0.3 is 0 Å². The Labute approximate surface area is 163 Å². The highest BCUT2D eigenvalue weighted by Crippen LogP contribution is 2.18. The summed E-state index contributed by atoms with van der Waals surface area (Å²) in [5.41, 5.74) is 5.53. The van der Waals surface area contributed by atoms with E-state index in [1.165, 1.54) is 0 Å². The standard InChI is InChI=1S/C19H14Br2N4/c20-15-6-10-17(11-7-15)22-24-19(14-4-2-1-3-5-14)25-23-18-12-8-16(21)9-13-18/h1-13,22H/b24-19-,25-23?. The molecular weight excluding hydrogens is 444 g/mol. The molecule has 0 aromatic heterocycles. The lowest BCUT2D eigenvalue weighted by atomic mass is 10.2. The Kier molecular flexibility index (Phi) is 6.09. The zero-order valence-corrected chi connectivity index (χ0v) is 16.3. The van der Waals surface area contributed by atoms with Crippen LogP contribution in [0.25, 0.3) is 0 Å². The summed E-state index contributed by atoms with van der Waals surface area (Å²) in [6.45, 7) is 0. The van der Waals surface area contributed by atoms with Crippen molar-refractivity contribution in [1.82, 2.24) is 0 Å². The van der Waals surface area contributed by atoms with Crippen molar-refractivity contribution in [3.8, 4) is 0 Å². The SMILES string of the molecule is Brc1ccc(N=N/C(=N\Nc2ccc(Br)cc2)c2ccccc2)cc1. The molecular formula is C19H14Br2N4. The second-order valence-corrected chi connectivity index (χ2v) is 6.93. The van der Waals surface area contributed by atoms with Gasteiger partial charge in [0.2, 0.25) is 5.84 Å². The molecule has 4 nitrogen and oxygen atoms in total. The Hall–Kier alpha value is -2.31. The number of anilines is 1. The first-order valence-corrected chi connectivity index (χ1v) is 9.11. The number of azo groups is 1. The Balaban J connectivity index is 1.85. The van der Waals surface area contributed by atoms with Gasteiger partial charge in [-0.25, -0.2) is 0 Å². The summed E-state index contributed by atoms with van der Waals surface area (Å²) in [5, 5.41) is 13.0. The van der Waals surface area contributed by atoms with E-state index in [-0.39, 0.29) is 0 Å². The van der Waals surface area contributed by atoms with Crippen LogP contribution >= 0.6 is 31.9 Å². The van der Waals surface area contributed by atoms with Crippen molar-refractivity contribution < 1.29 is 0 Å². The van der Waals surface area contributed by atoms with Crippen LogP contribution in [0.1, 0.15) is 5.56 Å². The molecule has 0 amide bonds. The zero-order valence-electron chi connectivity index (χ0n) is 13.1. The molecule has 0 heterocycles. The van der Waals surface area contributed by atoms with Crippen molar-refractivity contribution >= 4 is 49.1 Å². The van der Waals surface area contributed by atoms with Crippen molar-refractivity contribution in [3.63, 3.8) is 0 Å². The lowest BCUT2D eigenvalue weighted by Gasteiger charge is -2.03. The van der Waals surface area contributed by atoms with E-state index in [0.717, 1.165) is 25.9 Å². The van der Waals surface area contributed by atoms with Crippen LogP contribution in [-0.2, 0) is 0 Å². The number of rotatable bonds is 4. The van der Waals surface area contributed by atoms with E-state index >= 15 is 0 Å². The molecule has 3 rings (SSSR count). The van der Waals surface area contributed by atoms with Gasteiger partial charge in [-0.2, -0.15) is 5.10 Å². The average Bonchev–Trinajstić information content (AvgIpc) is 2.65. The molecule has 1 N–H and O–H groups in total. The van der Waals surface area contributed by atoms with Crippen LogP contribution in [0, 0.1) is 0 Å². The van der Waals surface area contributed by atoms with Gasteiger partial charge in [0.05, 0.1) is 11.4 Å². The molecule has 0 saturated heterocycles. The molecule has 0 aliphatic carbocycles. The molecule has 0 aliphatic rings. The van der Waals surface area contributed by atoms with Gasteiger partial charge in [0.1, 0.15) is 0 Å². The van der Waals surface area contributed by atoms with Gasteiger partial charge in [-0.05, 0) is 48.5 Å². The fourth-order valence-electron chi connectivity index (χ4n) is 1.99. The van der Waals surface area contributed by atoms with E-state index in [4.69, 9.17) is 0 Å². The lowest BCUT2D eigenvalue weighted by Crippen LogP contribution is -2.00. The van der Waals surface area contributed by atoms with Gasteiger partial charge in [-0.15, -0.1) is 10.2 Å². The summed E-state index contributed by atoms with van der Waals surface area (Å²) in [6.07, 6.45) is 0. The molecule has 25 heavy (non-hydrogen) atoms.